The zero-order valence-corrected chi connectivity index (χ0v) is 11.2. The van der Waals surface area contributed by atoms with Gasteiger partial charge in [0.15, 0.2) is 0 Å². The van der Waals surface area contributed by atoms with Gasteiger partial charge in [-0.15, -0.1) is 0 Å². The lowest BCUT2D eigenvalue weighted by molar-refractivity contribution is 0.491. The zero-order chi connectivity index (χ0) is 12.4. The van der Waals surface area contributed by atoms with E-state index in [2.05, 4.69) is 28.3 Å². The van der Waals surface area contributed by atoms with Crippen LogP contribution in [0.3, 0.4) is 0 Å². The minimum absolute atomic E-state index is 0.786. The average molecular weight is 246 g/mol. The summed E-state index contributed by atoms with van der Waals surface area (Å²) < 4.78 is 0. The van der Waals surface area contributed by atoms with Gasteiger partial charge in [0.1, 0.15) is 0 Å². The summed E-state index contributed by atoms with van der Waals surface area (Å²) in [6.07, 6.45) is 6.78. The largest absolute Gasteiger partial charge is 0.339 e. The summed E-state index contributed by atoms with van der Waals surface area (Å²) in [6.45, 7) is 6.56. The second-order valence-corrected chi connectivity index (χ2v) is 5.58. The summed E-state index contributed by atoms with van der Waals surface area (Å²) in [4.78, 5) is 11.7. The summed E-state index contributed by atoms with van der Waals surface area (Å²) in [5.74, 6) is 1.72. The highest BCUT2D eigenvalue weighted by atomic mass is 15.3. The topological polar surface area (TPSA) is 41.1 Å². The molecule has 1 unspecified atom stereocenters. The predicted molar refractivity (Wildman–Crippen MR) is 72.9 cm³/mol. The van der Waals surface area contributed by atoms with Gasteiger partial charge in [0, 0.05) is 31.5 Å². The molecular formula is C14H22N4. The lowest BCUT2D eigenvalue weighted by Gasteiger charge is -2.24. The lowest BCUT2D eigenvalue weighted by Crippen LogP contribution is -2.30. The number of nitrogens with one attached hydrogen (secondary N) is 1. The standard InChI is InChI=1S/C14H22N4/c1-11-3-4-13-12(9-11)10-16-14(17-13)18-7-2-5-15-6-8-18/h10-11,15H,2-9H2,1H3. The van der Waals surface area contributed by atoms with Gasteiger partial charge in [-0.05, 0) is 43.7 Å². The molecule has 0 spiro atoms. The van der Waals surface area contributed by atoms with E-state index < -0.39 is 0 Å². The van der Waals surface area contributed by atoms with Crippen molar-refractivity contribution in [3.05, 3.63) is 17.5 Å². The molecular weight excluding hydrogens is 224 g/mol. The highest BCUT2D eigenvalue weighted by molar-refractivity contribution is 5.34. The summed E-state index contributed by atoms with van der Waals surface area (Å²) in [5, 5.41) is 3.42. The number of nitrogens with zero attached hydrogens (tertiary/aromatic N) is 3. The van der Waals surface area contributed by atoms with E-state index in [1.807, 2.05) is 0 Å². The molecule has 0 saturated carbocycles. The first-order valence-electron chi connectivity index (χ1n) is 7.13. The SMILES string of the molecule is CC1CCc2nc(N3CCCNCC3)ncc2C1. The number of hydrogen-bond acceptors (Lipinski definition) is 4. The normalized spacial score (nSPS) is 24.5. The minimum atomic E-state index is 0.786. The average Bonchev–Trinajstić information content (AvgIpc) is 2.67. The van der Waals surface area contributed by atoms with E-state index in [1.54, 1.807) is 0 Å². The fourth-order valence-corrected chi connectivity index (χ4v) is 2.88. The van der Waals surface area contributed by atoms with Crippen molar-refractivity contribution < 1.29 is 0 Å². The molecule has 0 aromatic carbocycles. The Bertz CT molecular complexity index is 410. The van der Waals surface area contributed by atoms with Crippen LogP contribution >= 0.6 is 0 Å². The first-order valence-corrected chi connectivity index (χ1v) is 7.13. The van der Waals surface area contributed by atoms with Gasteiger partial charge in [-0.25, -0.2) is 9.97 Å². The maximum Gasteiger partial charge on any atom is 0.225 e. The van der Waals surface area contributed by atoms with Crippen molar-refractivity contribution >= 4 is 5.95 Å². The molecule has 3 rings (SSSR count). The monoisotopic (exact) mass is 246 g/mol. The Balaban J connectivity index is 1.80. The zero-order valence-electron chi connectivity index (χ0n) is 11.2. The van der Waals surface area contributed by atoms with Gasteiger partial charge in [0.2, 0.25) is 5.95 Å². The van der Waals surface area contributed by atoms with Crippen LogP contribution in [-0.2, 0) is 12.8 Å². The maximum absolute atomic E-state index is 4.80. The van der Waals surface area contributed by atoms with Crippen LogP contribution in [0, 0.1) is 5.92 Å². The van der Waals surface area contributed by atoms with E-state index in [9.17, 15) is 0 Å². The molecule has 18 heavy (non-hydrogen) atoms. The first kappa shape index (κ1) is 11.9. The molecule has 1 aliphatic carbocycles. The van der Waals surface area contributed by atoms with Crippen LogP contribution in [0.1, 0.15) is 31.0 Å². The second kappa shape index (κ2) is 5.22. The summed E-state index contributed by atoms with van der Waals surface area (Å²) >= 11 is 0. The Morgan fingerprint density at radius 2 is 2.28 bits per heavy atom. The van der Waals surface area contributed by atoms with Crippen LogP contribution in [-0.4, -0.2) is 36.1 Å². The van der Waals surface area contributed by atoms with Crippen molar-refractivity contribution in [1.29, 1.82) is 0 Å². The number of fused-ring (bicyclic) bond motifs is 1. The molecule has 1 fully saturated rings. The van der Waals surface area contributed by atoms with Crippen LogP contribution in [0.5, 0.6) is 0 Å². The highest BCUT2D eigenvalue weighted by Crippen LogP contribution is 2.24. The smallest absolute Gasteiger partial charge is 0.225 e. The van der Waals surface area contributed by atoms with E-state index in [-0.39, 0.29) is 0 Å². The summed E-state index contributed by atoms with van der Waals surface area (Å²) in [6, 6.07) is 0. The summed E-state index contributed by atoms with van der Waals surface area (Å²) in [5.41, 5.74) is 2.65. The van der Waals surface area contributed by atoms with Crippen LogP contribution in [0.4, 0.5) is 5.95 Å². The van der Waals surface area contributed by atoms with Gasteiger partial charge in [0.25, 0.3) is 0 Å². The van der Waals surface area contributed by atoms with Crippen molar-refractivity contribution in [2.45, 2.75) is 32.6 Å². The molecule has 0 bridgehead atoms. The minimum Gasteiger partial charge on any atom is -0.339 e. The fraction of sp³-hybridized carbons (Fsp3) is 0.714. The van der Waals surface area contributed by atoms with Gasteiger partial charge < -0.3 is 10.2 Å². The molecule has 4 heteroatoms. The quantitative estimate of drug-likeness (QED) is 0.813. The van der Waals surface area contributed by atoms with E-state index >= 15 is 0 Å². The molecule has 2 aliphatic rings. The lowest BCUT2D eigenvalue weighted by atomic mass is 9.89. The van der Waals surface area contributed by atoms with Gasteiger partial charge in [-0.2, -0.15) is 0 Å². The Kier molecular flexibility index (Phi) is 3.46. The fourth-order valence-electron chi connectivity index (χ4n) is 2.88. The Labute approximate surface area is 109 Å². The van der Waals surface area contributed by atoms with Crippen molar-refractivity contribution in [3.8, 4) is 0 Å². The molecule has 1 aromatic rings. The van der Waals surface area contributed by atoms with Crippen molar-refractivity contribution in [2.75, 3.05) is 31.1 Å². The third-order valence-electron chi connectivity index (χ3n) is 4.01. The molecule has 4 nitrogen and oxygen atoms in total. The molecule has 0 amide bonds. The van der Waals surface area contributed by atoms with Gasteiger partial charge in [0.05, 0.1) is 0 Å². The van der Waals surface area contributed by atoms with E-state index in [0.717, 1.165) is 50.9 Å². The predicted octanol–water partition coefficient (Wildman–Crippen LogP) is 1.40. The third kappa shape index (κ3) is 2.48. The number of aromatic nitrogens is 2. The number of aryl methyl sites for hydroxylation is 1. The van der Waals surface area contributed by atoms with Crippen LogP contribution < -0.4 is 10.2 Å². The molecule has 1 atom stereocenters. The molecule has 1 aliphatic heterocycles. The van der Waals surface area contributed by atoms with Gasteiger partial charge >= 0.3 is 0 Å². The number of rotatable bonds is 1. The third-order valence-corrected chi connectivity index (χ3v) is 4.01. The Morgan fingerprint density at radius 3 is 3.22 bits per heavy atom. The van der Waals surface area contributed by atoms with Crippen molar-refractivity contribution in [2.24, 2.45) is 5.92 Å². The Morgan fingerprint density at radius 1 is 1.33 bits per heavy atom. The van der Waals surface area contributed by atoms with Crippen LogP contribution in [0.25, 0.3) is 0 Å². The van der Waals surface area contributed by atoms with Crippen molar-refractivity contribution in [1.82, 2.24) is 15.3 Å². The van der Waals surface area contributed by atoms with Gasteiger partial charge in [-0.3, -0.25) is 0 Å². The van der Waals surface area contributed by atoms with Crippen molar-refractivity contribution in [3.63, 3.8) is 0 Å². The highest BCUT2D eigenvalue weighted by Gasteiger charge is 2.19. The molecule has 0 radical (unpaired) electrons. The number of anilines is 1. The molecule has 1 N–H and O–H groups in total. The summed E-state index contributed by atoms with van der Waals surface area (Å²) in [7, 11) is 0. The Hall–Kier alpha value is -1.16. The molecule has 98 valence electrons. The molecule has 1 saturated heterocycles. The van der Waals surface area contributed by atoms with E-state index in [0.29, 0.717) is 0 Å². The second-order valence-electron chi connectivity index (χ2n) is 5.58. The van der Waals surface area contributed by atoms with Gasteiger partial charge in [-0.1, -0.05) is 6.92 Å². The van der Waals surface area contributed by atoms with Crippen LogP contribution in [0.2, 0.25) is 0 Å². The molecule has 2 heterocycles. The van der Waals surface area contributed by atoms with E-state index in [1.165, 1.54) is 24.1 Å². The maximum atomic E-state index is 4.80. The van der Waals surface area contributed by atoms with E-state index in [4.69, 9.17) is 4.98 Å². The van der Waals surface area contributed by atoms with Crippen LogP contribution in [0.15, 0.2) is 6.20 Å². The molecule has 1 aromatic heterocycles. The first-order chi connectivity index (χ1) is 8.83. The number of hydrogen-bond donors (Lipinski definition) is 1.